The topological polar surface area (TPSA) is 68.6 Å². The molecule has 2 heterocycles. The fourth-order valence-electron chi connectivity index (χ4n) is 3.60. The molecule has 0 spiro atoms. The summed E-state index contributed by atoms with van der Waals surface area (Å²) >= 11 is 0.784. The number of thioether (sulfide) groups is 1. The number of esters is 1. The van der Waals surface area contributed by atoms with Gasteiger partial charge in [0, 0.05) is 27.7 Å². The Hall–Kier alpha value is -3.39. The van der Waals surface area contributed by atoms with Crippen molar-refractivity contribution in [2.75, 3.05) is 13.7 Å². The Balaban J connectivity index is 1.76. The van der Waals surface area contributed by atoms with Gasteiger partial charge in [-0.25, -0.2) is 4.39 Å². The maximum absolute atomic E-state index is 14.3. The molecule has 0 N–H and O–H groups in total. The van der Waals surface area contributed by atoms with Gasteiger partial charge in [0.15, 0.2) is 0 Å². The molecule has 158 valence electrons. The molecule has 3 aromatic rings. The lowest BCUT2D eigenvalue weighted by Crippen LogP contribution is -2.34. The predicted molar refractivity (Wildman–Crippen MR) is 117 cm³/mol. The minimum absolute atomic E-state index is 0.228. The van der Waals surface area contributed by atoms with E-state index in [0.717, 1.165) is 38.8 Å². The number of imide groups is 1. The van der Waals surface area contributed by atoms with Gasteiger partial charge in [0.25, 0.3) is 11.1 Å². The van der Waals surface area contributed by atoms with Crippen molar-refractivity contribution in [2.24, 2.45) is 0 Å². The Morgan fingerprint density at radius 1 is 1.13 bits per heavy atom. The second kappa shape index (κ2) is 8.39. The summed E-state index contributed by atoms with van der Waals surface area (Å²) in [6.45, 7) is 1.80. The molecule has 1 saturated heterocycles. The van der Waals surface area contributed by atoms with Crippen molar-refractivity contribution in [2.45, 2.75) is 13.5 Å². The average molecular weight is 438 g/mol. The van der Waals surface area contributed by atoms with Gasteiger partial charge in [0.05, 0.1) is 18.6 Å². The molecule has 0 aliphatic carbocycles. The van der Waals surface area contributed by atoms with Crippen LogP contribution >= 0.6 is 11.8 Å². The van der Waals surface area contributed by atoms with Crippen LogP contribution in [0.1, 0.15) is 16.8 Å². The molecule has 2 aromatic carbocycles. The number of rotatable bonds is 5. The minimum Gasteiger partial charge on any atom is -0.468 e. The van der Waals surface area contributed by atoms with Crippen molar-refractivity contribution in [1.82, 2.24) is 9.47 Å². The molecular weight excluding hydrogens is 419 g/mol. The fraction of sp³-hybridized carbons (Fsp3) is 0.174. The average Bonchev–Trinajstić information content (AvgIpc) is 3.18. The molecule has 0 saturated carbocycles. The number of carbonyl (C=O) groups excluding carboxylic acids is 3. The Morgan fingerprint density at radius 3 is 2.58 bits per heavy atom. The summed E-state index contributed by atoms with van der Waals surface area (Å²) in [5, 5.41) is 0.366. The smallest absolute Gasteiger partial charge is 0.325 e. The minimum atomic E-state index is -0.666. The number of aromatic nitrogens is 1. The van der Waals surface area contributed by atoms with Crippen LogP contribution in [-0.2, 0) is 20.9 Å². The Kier molecular flexibility index (Phi) is 5.65. The molecular formula is C23H19FN2O4S. The molecule has 1 aromatic heterocycles. The highest BCUT2D eigenvalue weighted by Crippen LogP contribution is 2.35. The van der Waals surface area contributed by atoms with Gasteiger partial charge in [-0.1, -0.05) is 36.4 Å². The first kappa shape index (κ1) is 20.9. The van der Waals surface area contributed by atoms with E-state index in [1.807, 2.05) is 35.8 Å². The molecule has 1 aliphatic rings. The van der Waals surface area contributed by atoms with Crippen molar-refractivity contribution in [3.63, 3.8) is 0 Å². The van der Waals surface area contributed by atoms with Gasteiger partial charge in [-0.3, -0.25) is 19.3 Å². The zero-order valence-electron chi connectivity index (χ0n) is 16.9. The van der Waals surface area contributed by atoms with Crippen molar-refractivity contribution in [3.05, 3.63) is 76.1 Å². The summed E-state index contributed by atoms with van der Waals surface area (Å²) in [6.07, 6.45) is 1.66. The number of para-hydroxylation sites is 1. The van der Waals surface area contributed by atoms with Gasteiger partial charge in [-0.15, -0.1) is 0 Å². The van der Waals surface area contributed by atoms with Gasteiger partial charge in [-0.05, 0) is 36.9 Å². The molecule has 6 nitrogen and oxygen atoms in total. The fourth-order valence-corrected chi connectivity index (χ4v) is 4.42. The highest BCUT2D eigenvalue weighted by atomic mass is 32.2. The second-order valence-corrected chi connectivity index (χ2v) is 8.03. The molecule has 0 bridgehead atoms. The van der Waals surface area contributed by atoms with Crippen LogP contribution < -0.4 is 0 Å². The Morgan fingerprint density at radius 2 is 1.84 bits per heavy atom. The Bertz CT molecular complexity index is 1250. The van der Waals surface area contributed by atoms with Crippen LogP contribution in [0.2, 0.25) is 0 Å². The normalized spacial score (nSPS) is 15.3. The summed E-state index contributed by atoms with van der Waals surface area (Å²) in [4.78, 5) is 37.6. The van der Waals surface area contributed by atoms with Crippen LogP contribution in [0, 0.1) is 12.7 Å². The van der Waals surface area contributed by atoms with Crippen molar-refractivity contribution in [3.8, 4) is 0 Å². The van der Waals surface area contributed by atoms with E-state index in [2.05, 4.69) is 4.74 Å². The zero-order chi connectivity index (χ0) is 22.1. The maximum Gasteiger partial charge on any atom is 0.325 e. The zero-order valence-corrected chi connectivity index (χ0v) is 17.7. The number of hydrogen-bond acceptors (Lipinski definition) is 5. The number of carbonyl (C=O) groups is 3. The SMILES string of the molecule is COC(=O)CN1C(=O)SC(=Cc2c(C)n(Cc3ccccc3F)c3ccccc23)C1=O. The standard InChI is InChI=1S/C23H19FN2O4S/c1-14-17(11-20-22(28)26(23(29)31-20)13-21(27)30-2)16-8-4-6-10-19(16)25(14)12-15-7-3-5-9-18(15)24/h3-11H,12-13H2,1-2H3. The Labute approximate surface area is 182 Å². The van der Waals surface area contributed by atoms with E-state index in [-0.39, 0.29) is 10.7 Å². The number of methoxy groups -OCH3 is 1. The number of amides is 2. The first-order valence-electron chi connectivity index (χ1n) is 9.54. The van der Waals surface area contributed by atoms with Gasteiger partial charge in [0.1, 0.15) is 12.4 Å². The summed E-state index contributed by atoms with van der Waals surface area (Å²) < 4.78 is 20.8. The van der Waals surface area contributed by atoms with Crippen LogP contribution in [0.4, 0.5) is 9.18 Å². The molecule has 1 fully saturated rings. The molecule has 4 rings (SSSR count). The van der Waals surface area contributed by atoms with Crippen molar-refractivity contribution >= 4 is 45.9 Å². The highest BCUT2D eigenvalue weighted by molar-refractivity contribution is 8.18. The first-order valence-corrected chi connectivity index (χ1v) is 10.4. The lowest BCUT2D eigenvalue weighted by molar-refractivity contribution is -0.143. The number of ether oxygens (including phenoxy) is 1. The lowest BCUT2D eigenvalue weighted by Gasteiger charge is -2.10. The lowest BCUT2D eigenvalue weighted by atomic mass is 10.1. The van der Waals surface area contributed by atoms with E-state index >= 15 is 0 Å². The van der Waals surface area contributed by atoms with E-state index in [0.29, 0.717) is 12.1 Å². The van der Waals surface area contributed by atoms with E-state index in [1.54, 1.807) is 24.3 Å². The monoisotopic (exact) mass is 438 g/mol. The van der Waals surface area contributed by atoms with Crippen LogP contribution in [-0.4, -0.2) is 40.2 Å². The summed E-state index contributed by atoms with van der Waals surface area (Å²) in [7, 11) is 1.20. The van der Waals surface area contributed by atoms with Crippen LogP contribution in [0.25, 0.3) is 17.0 Å². The molecule has 8 heteroatoms. The molecule has 0 radical (unpaired) electrons. The highest BCUT2D eigenvalue weighted by Gasteiger charge is 2.36. The molecule has 1 aliphatic heterocycles. The van der Waals surface area contributed by atoms with Gasteiger partial charge >= 0.3 is 5.97 Å². The summed E-state index contributed by atoms with van der Waals surface area (Å²) in [6, 6.07) is 14.2. The van der Waals surface area contributed by atoms with Crippen molar-refractivity contribution in [1.29, 1.82) is 0 Å². The predicted octanol–water partition coefficient (Wildman–Crippen LogP) is 4.35. The number of hydrogen-bond donors (Lipinski definition) is 0. The molecule has 0 atom stereocenters. The van der Waals surface area contributed by atoms with Gasteiger partial charge < -0.3 is 9.30 Å². The van der Waals surface area contributed by atoms with E-state index < -0.39 is 23.7 Å². The van der Waals surface area contributed by atoms with Gasteiger partial charge in [-0.2, -0.15) is 0 Å². The largest absolute Gasteiger partial charge is 0.468 e. The number of nitrogens with zero attached hydrogens (tertiary/aromatic N) is 2. The third kappa shape index (κ3) is 3.86. The van der Waals surface area contributed by atoms with Crippen LogP contribution in [0.5, 0.6) is 0 Å². The number of benzene rings is 2. The van der Waals surface area contributed by atoms with Crippen molar-refractivity contribution < 1.29 is 23.5 Å². The maximum atomic E-state index is 14.3. The number of halogens is 1. The van der Waals surface area contributed by atoms with Crippen LogP contribution in [0.15, 0.2) is 53.4 Å². The van der Waals surface area contributed by atoms with E-state index in [9.17, 15) is 18.8 Å². The second-order valence-electron chi connectivity index (χ2n) is 7.04. The first-order chi connectivity index (χ1) is 14.9. The molecule has 2 amide bonds. The summed E-state index contributed by atoms with van der Waals surface area (Å²) in [5.41, 5.74) is 3.05. The molecule has 0 unspecified atom stereocenters. The molecule has 31 heavy (non-hydrogen) atoms. The van der Waals surface area contributed by atoms with Crippen LogP contribution in [0.3, 0.4) is 0 Å². The quantitative estimate of drug-likeness (QED) is 0.438. The summed E-state index contributed by atoms with van der Waals surface area (Å²) in [5.74, 6) is -1.49. The van der Waals surface area contributed by atoms with Gasteiger partial charge in [0.2, 0.25) is 0 Å². The van der Waals surface area contributed by atoms with E-state index in [1.165, 1.54) is 13.2 Å². The number of fused-ring (bicyclic) bond motifs is 1. The van der Waals surface area contributed by atoms with E-state index in [4.69, 9.17) is 0 Å². The third-order valence-corrected chi connectivity index (χ3v) is 6.14. The third-order valence-electron chi connectivity index (χ3n) is 5.23.